The molecule has 14 amide bonds. The molecule has 3 aromatic carbocycles. The van der Waals surface area contributed by atoms with Gasteiger partial charge < -0.3 is 126 Å². The molecule has 7 aromatic rings. The molecule has 1 aliphatic rings. The van der Waals surface area contributed by atoms with Crippen LogP contribution in [0.3, 0.4) is 0 Å². The molecule has 5 heterocycles. The highest BCUT2D eigenvalue weighted by molar-refractivity contribution is 8.00. The van der Waals surface area contributed by atoms with E-state index in [1.165, 1.54) is 80.5 Å². The van der Waals surface area contributed by atoms with Crippen molar-refractivity contribution in [2.24, 2.45) is 24.2 Å². The Bertz CT molecular complexity index is 4780. The maximum Gasteiger partial charge on any atom is 0.245 e. The number of thioether (sulfide) groups is 1. The number of phenols is 1. The van der Waals surface area contributed by atoms with E-state index in [1.54, 1.807) is 74.8 Å². The molecule has 1 fully saturated rings. The number of aromatic hydroxyl groups is 1. The first-order chi connectivity index (χ1) is 58.4. The zero-order chi connectivity index (χ0) is 88.5. The largest absolute Gasteiger partial charge is 0.508 e. The van der Waals surface area contributed by atoms with Crippen molar-refractivity contribution in [3.8, 4) is 5.75 Å². The average Bonchev–Trinajstić information content (AvgIpc) is 1.35. The Hall–Kier alpha value is -13.9. The van der Waals surface area contributed by atoms with E-state index in [9.17, 15) is 48.6 Å². The third kappa shape index (κ3) is 29.0. The van der Waals surface area contributed by atoms with Crippen LogP contribution in [-0.2, 0) is 113 Å². The molecule has 44 heteroatoms. The normalized spacial score (nSPS) is 21.9. The highest BCUT2D eigenvalue weighted by Gasteiger charge is 2.40. The van der Waals surface area contributed by atoms with Crippen LogP contribution in [-0.4, -0.2) is 274 Å². The van der Waals surface area contributed by atoms with Gasteiger partial charge in [0.05, 0.1) is 44.4 Å². The van der Waals surface area contributed by atoms with Crippen molar-refractivity contribution in [1.82, 2.24) is 113 Å². The van der Waals surface area contributed by atoms with Crippen molar-refractivity contribution in [2.45, 2.75) is 144 Å². The lowest BCUT2D eigenvalue weighted by molar-refractivity contribution is -0.143. The Morgan fingerprint density at radius 2 is 1.04 bits per heavy atom. The highest BCUT2D eigenvalue weighted by Crippen LogP contribution is 2.22. The Kier molecular flexibility index (Phi) is 35.6. The van der Waals surface area contributed by atoms with Crippen LogP contribution in [0.5, 0.6) is 5.75 Å². The van der Waals surface area contributed by atoms with E-state index < -0.39 is 192 Å². The van der Waals surface area contributed by atoms with Gasteiger partial charge in [0, 0.05) is 131 Å². The van der Waals surface area contributed by atoms with Crippen LogP contribution in [0.2, 0.25) is 0 Å². The number of imidazole rings is 3. The number of aryl methyl sites for hydroxylation is 1. The minimum atomic E-state index is -1.85. The first kappa shape index (κ1) is 93.6. The number of carbonyl (C=O) groups excluding carboxylic acids is 14. The summed E-state index contributed by atoms with van der Waals surface area (Å²) >= 11 is 0.797. The summed E-state index contributed by atoms with van der Waals surface area (Å²) in [4.78, 5) is 228. The number of nitrogens with zero attached hydrogens (tertiary/aromatic N) is 6. The lowest BCUT2D eigenvalue weighted by atomic mass is 10.0. The number of benzene rings is 3. The molecule has 11 atom stereocenters. The Morgan fingerprint density at radius 3 is 1.64 bits per heavy atom. The molecule has 43 nitrogen and oxygen atoms in total. The fourth-order valence-corrected chi connectivity index (χ4v) is 14.0. The average molecular weight is 1710 g/mol. The lowest BCUT2D eigenvalue weighted by Gasteiger charge is -2.33. The van der Waals surface area contributed by atoms with E-state index in [4.69, 9.17) is 28.0 Å². The number of rotatable bonds is 25. The van der Waals surface area contributed by atoms with Crippen LogP contribution in [0.1, 0.15) is 72.8 Å². The molecule has 0 saturated carbocycles. The lowest BCUT2D eigenvalue weighted by Crippen LogP contribution is -2.61. The van der Waals surface area contributed by atoms with Gasteiger partial charge in [-0.2, -0.15) is 0 Å². The standard InChI is InChI=1S/C78H105N27O16S/c1-5-51-67(112)98-56(27-45-31-89-52-16-10-9-15-50(45)52)70(115)101-59(29-47-33-85-41-92-47)75(120)103(2)36-64(109)94-60(37-106)73(118)97-54(18-12-24-88-78(82)83)76(121)105(4)62(26-44-19-21-49(107)22-20-44)74(119)100-57(28-46-32-84-40-91-46)71(116)96-53(17-11-23-87-77(80)81)68(113)99-58(30-48-34-86-42-104(48)3)72(117)102-61(66(111)90-35-63(79)108)38-122-39-65(110)93-55(69(114)95-51)25-43-13-7-6-8-14-43/h6-10,13-16,19-22,31-34,40-42,51,53-62,89,106-107H,5,11-12,17-18,23-30,35-39H2,1-4H3,(H2,79,108)(H,84,91)(H,85,92)(H,90,111)(H,93,110)(H,94,109)(H,95,114)(H,96,116)(H,97,118)(H,98,112)(H,99,113)(H,100,119)(H,101,115)(H,102,117)(H4,80,81,87)(H4,82,83,88)/t51-,53-,54-,55-,56-,57-,58-,59-,60-,61-,62-/m0/s1. The van der Waals surface area contributed by atoms with Crippen molar-refractivity contribution in [2.75, 3.05) is 58.4 Å². The van der Waals surface area contributed by atoms with Crippen molar-refractivity contribution >= 4 is 117 Å². The van der Waals surface area contributed by atoms with Crippen LogP contribution in [0.25, 0.3) is 10.9 Å². The number of aromatic amines is 3. The van der Waals surface area contributed by atoms with Crippen LogP contribution in [0.4, 0.5) is 0 Å². The number of guanidine groups is 2. The molecule has 1 aliphatic heterocycles. The summed E-state index contributed by atoms with van der Waals surface area (Å²) in [6, 6.07) is 3.62. The van der Waals surface area contributed by atoms with Gasteiger partial charge in [0.15, 0.2) is 11.9 Å². The summed E-state index contributed by atoms with van der Waals surface area (Å²) in [5.74, 6) is -15.5. The number of carbonyl (C=O) groups is 14. The van der Waals surface area contributed by atoms with Gasteiger partial charge in [0.25, 0.3) is 0 Å². The molecule has 0 spiro atoms. The molecule has 0 unspecified atom stereocenters. The molecular formula is C78H105N27O16S. The number of aliphatic hydroxyl groups excluding tert-OH is 1. The number of phenolic OH excluding ortho intramolecular Hbond substituents is 1. The molecule has 0 bridgehead atoms. The number of hydrogen-bond donors (Lipinski definition) is 23. The van der Waals surface area contributed by atoms with Crippen molar-refractivity contribution < 1.29 is 77.3 Å². The van der Waals surface area contributed by atoms with Crippen LogP contribution >= 0.6 is 11.8 Å². The zero-order valence-corrected chi connectivity index (χ0v) is 68.4. The summed E-state index contributed by atoms with van der Waals surface area (Å²) in [5.41, 5.74) is 19.7. The number of fused-ring (bicyclic) bond motifs is 1. The highest BCUT2D eigenvalue weighted by atomic mass is 32.2. The van der Waals surface area contributed by atoms with Gasteiger partial charge >= 0.3 is 0 Å². The van der Waals surface area contributed by atoms with Crippen LogP contribution in [0, 0.1) is 10.8 Å². The molecule has 26 N–H and O–H groups in total. The maximum absolute atomic E-state index is 15.4. The summed E-state index contributed by atoms with van der Waals surface area (Å²) in [5, 5.41) is 71.6. The van der Waals surface area contributed by atoms with Crippen molar-refractivity contribution in [3.05, 3.63) is 156 Å². The Labute approximate surface area is 704 Å². The molecule has 8 rings (SSSR count). The summed E-state index contributed by atoms with van der Waals surface area (Å²) in [6.07, 6.45) is 7.48. The van der Waals surface area contributed by atoms with Gasteiger partial charge in [0.2, 0.25) is 82.7 Å². The van der Waals surface area contributed by atoms with Crippen LogP contribution in [0.15, 0.2) is 123 Å². The molecular weight excluding hydrogens is 1600 g/mol. The number of aromatic nitrogens is 7. The van der Waals surface area contributed by atoms with Gasteiger partial charge in [-0.15, -0.1) is 11.8 Å². The van der Waals surface area contributed by atoms with Crippen molar-refractivity contribution in [1.29, 1.82) is 10.8 Å². The minimum Gasteiger partial charge on any atom is -0.508 e. The SMILES string of the molecule is CC[C@@H]1NC(=O)[C@H](Cc2ccccc2)NC(=O)CSC[C@@H](C(=O)NCC(N)=O)NC(=O)[C@H](Cc2cncn2C)NC(=O)[C@H](CCCNC(=N)N)NC(=O)[C@H](Cc2cnc[nH]2)NC(=O)[C@H](Cc2ccc(O)cc2)N(C)C(=O)[C@H](CCCNC(=N)N)NC(=O)[C@H](CO)NC(=O)CN(C)C(=O)[C@H](Cc2cnc[nH]2)NC(=O)[C@H](Cc2c[nH]c3ccccc23)NC1=O. The van der Waals surface area contributed by atoms with Crippen molar-refractivity contribution in [3.63, 3.8) is 0 Å². The summed E-state index contributed by atoms with van der Waals surface area (Å²) in [7, 11) is 4.03. The van der Waals surface area contributed by atoms with Gasteiger partial charge in [-0.1, -0.05) is 67.6 Å². The van der Waals surface area contributed by atoms with Crippen LogP contribution < -0.4 is 86.3 Å². The van der Waals surface area contributed by atoms with E-state index in [2.05, 4.69) is 99.0 Å². The quantitative estimate of drug-likeness (QED) is 0.0144. The predicted molar refractivity (Wildman–Crippen MR) is 444 cm³/mol. The molecule has 0 aliphatic carbocycles. The Balaban J connectivity index is 1.19. The third-order valence-electron chi connectivity index (χ3n) is 19.8. The number of aliphatic hydroxyl groups is 1. The number of amides is 14. The second-order valence-corrected chi connectivity index (χ2v) is 30.1. The molecule has 4 aromatic heterocycles. The number of H-pyrrole nitrogens is 3. The number of likely N-dealkylation sites (N-methyl/N-ethyl adjacent to an activating group) is 2. The van der Waals surface area contributed by atoms with Gasteiger partial charge in [-0.25, -0.2) is 15.0 Å². The number of nitrogens with two attached hydrogens (primary N) is 3. The number of hydrogen-bond acceptors (Lipinski definition) is 22. The Morgan fingerprint density at radius 1 is 0.525 bits per heavy atom. The van der Waals surface area contributed by atoms with E-state index in [-0.39, 0.29) is 95.2 Å². The number of nitrogens with one attached hydrogen (secondary N) is 18. The summed E-state index contributed by atoms with van der Waals surface area (Å²) in [6.45, 7) is -1.14. The molecule has 654 valence electrons. The topological polar surface area (TPSA) is 659 Å². The van der Waals surface area contributed by atoms with E-state index >= 15 is 28.8 Å². The van der Waals surface area contributed by atoms with E-state index in [1.807, 2.05) is 0 Å². The smallest absolute Gasteiger partial charge is 0.245 e. The predicted octanol–water partition coefficient (Wildman–Crippen LogP) is -5.78. The first-order valence-electron chi connectivity index (χ1n) is 39.1. The van der Waals surface area contributed by atoms with Gasteiger partial charge in [-0.3, -0.25) is 77.9 Å². The zero-order valence-electron chi connectivity index (χ0n) is 67.6. The molecule has 122 heavy (non-hydrogen) atoms. The maximum atomic E-state index is 15.4. The third-order valence-corrected chi connectivity index (χ3v) is 20.8. The number of para-hydroxylation sites is 1. The first-order valence-corrected chi connectivity index (χ1v) is 40.2. The monoisotopic (exact) mass is 1710 g/mol. The number of primary amides is 1. The molecule has 1 saturated heterocycles. The summed E-state index contributed by atoms with van der Waals surface area (Å²) < 4.78 is 1.53. The van der Waals surface area contributed by atoms with E-state index in [0.717, 1.165) is 21.6 Å². The van der Waals surface area contributed by atoms with E-state index in [0.29, 0.717) is 39.0 Å². The fraction of sp³-hybridized carbons (Fsp3) is 0.423. The van der Waals surface area contributed by atoms with Gasteiger partial charge in [0.1, 0.15) is 72.2 Å². The fourth-order valence-electron chi connectivity index (χ4n) is 13.2. The van der Waals surface area contributed by atoms with Gasteiger partial charge in [-0.05, 0) is 67.0 Å². The second-order valence-electron chi connectivity index (χ2n) is 29.0. The second kappa shape index (κ2) is 46.4. The molecule has 0 radical (unpaired) electrons. The minimum absolute atomic E-state index is 0.00111.